The molecule has 0 aliphatic heterocycles. The van der Waals surface area contributed by atoms with Gasteiger partial charge in [0.25, 0.3) is 11.6 Å². The molecule has 1 N–H and O–H groups in total. The van der Waals surface area contributed by atoms with Crippen LogP contribution < -0.4 is 19.5 Å². The monoisotopic (exact) mass is 418 g/mol. The molecule has 30 heavy (non-hydrogen) atoms. The third-order valence-corrected chi connectivity index (χ3v) is 4.00. The number of amides is 1. The number of ether oxygens (including phenoxy) is 4. The fourth-order valence-corrected chi connectivity index (χ4v) is 2.44. The molecule has 0 spiro atoms. The number of hydrogen-bond donors (Lipinski definition) is 1. The number of benzene rings is 2. The normalized spacial score (nSPS) is 11.2. The fourth-order valence-electron chi connectivity index (χ4n) is 2.44. The van der Waals surface area contributed by atoms with Crippen LogP contribution in [-0.4, -0.2) is 43.7 Å². The van der Waals surface area contributed by atoms with Gasteiger partial charge in [0.05, 0.1) is 25.2 Å². The zero-order valence-electron chi connectivity index (χ0n) is 17.0. The van der Waals surface area contributed by atoms with E-state index >= 15 is 0 Å². The van der Waals surface area contributed by atoms with Crippen molar-refractivity contribution in [3.63, 3.8) is 0 Å². The summed E-state index contributed by atoms with van der Waals surface area (Å²) in [4.78, 5) is 34.8. The highest BCUT2D eigenvalue weighted by molar-refractivity contribution is 5.97. The molecule has 1 unspecified atom stereocenters. The van der Waals surface area contributed by atoms with Gasteiger partial charge in [0.1, 0.15) is 11.4 Å². The Labute approximate surface area is 172 Å². The van der Waals surface area contributed by atoms with E-state index in [1.807, 2.05) is 6.92 Å². The maximum Gasteiger partial charge on any atom is 0.344 e. The highest BCUT2D eigenvalue weighted by atomic mass is 16.6. The van der Waals surface area contributed by atoms with Gasteiger partial charge in [0, 0.05) is 0 Å². The van der Waals surface area contributed by atoms with Crippen molar-refractivity contribution >= 4 is 23.3 Å². The van der Waals surface area contributed by atoms with Gasteiger partial charge in [0.2, 0.25) is 0 Å². The Hall–Kier alpha value is -3.82. The molecule has 0 heterocycles. The number of nitrogens with zero attached hydrogens (tertiary/aromatic N) is 1. The summed E-state index contributed by atoms with van der Waals surface area (Å²) in [6.07, 6.45) is -1.21. The van der Waals surface area contributed by atoms with Crippen LogP contribution in [0.4, 0.5) is 11.4 Å². The van der Waals surface area contributed by atoms with Crippen LogP contribution in [-0.2, 0) is 14.3 Å². The smallest absolute Gasteiger partial charge is 0.344 e. The van der Waals surface area contributed by atoms with Crippen molar-refractivity contribution in [3.05, 3.63) is 52.1 Å². The lowest BCUT2D eigenvalue weighted by Crippen LogP contribution is -2.31. The summed E-state index contributed by atoms with van der Waals surface area (Å²) in [6, 6.07) is 9.16. The number of carbonyl (C=O) groups is 2. The number of anilines is 1. The molecule has 2 aromatic rings. The lowest BCUT2D eigenvalue weighted by molar-refractivity contribution is -0.384. The summed E-state index contributed by atoms with van der Waals surface area (Å²) in [5.41, 5.74) is 0.560. The number of nitro groups is 1. The first-order chi connectivity index (χ1) is 14.2. The Morgan fingerprint density at radius 3 is 2.47 bits per heavy atom. The van der Waals surface area contributed by atoms with E-state index in [2.05, 4.69) is 5.32 Å². The first kappa shape index (κ1) is 22.5. The molecule has 0 radical (unpaired) electrons. The first-order valence-electron chi connectivity index (χ1n) is 8.85. The van der Waals surface area contributed by atoms with Crippen molar-refractivity contribution in [2.24, 2.45) is 0 Å². The maximum atomic E-state index is 12.3. The molecular formula is C20H22N2O8. The van der Waals surface area contributed by atoms with Crippen LogP contribution in [0.5, 0.6) is 17.2 Å². The van der Waals surface area contributed by atoms with Gasteiger partial charge >= 0.3 is 5.97 Å². The number of aryl methyl sites for hydroxylation is 1. The molecule has 1 atom stereocenters. The largest absolute Gasteiger partial charge is 0.496 e. The molecule has 0 aliphatic carbocycles. The van der Waals surface area contributed by atoms with Gasteiger partial charge in [0.15, 0.2) is 24.2 Å². The van der Waals surface area contributed by atoms with Gasteiger partial charge < -0.3 is 24.3 Å². The van der Waals surface area contributed by atoms with Gasteiger partial charge in [-0.1, -0.05) is 6.07 Å². The highest BCUT2D eigenvalue weighted by Crippen LogP contribution is 2.29. The molecule has 2 aromatic carbocycles. The van der Waals surface area contributed by atoms with E-state index < -0.39 is 29.5 Å². The van der Waals surface area contributed by atoms with Crippen LogP contribution in [0.3, 0.4) is 0 Å². The zero-order valence-corrected chi connectivity index (χ0v) is 17.0. The van der Waals surface area contributed by atoms with Crippen molar-refractivity contribution in [2.75, 3.05) is 26.1 Å². The van der Waals surface area contributed by atoms with E-state index in [1.54, 1.807) is 18.2 Å². The number of carbonyl (C=O) groups excluding carboxylic acids is 2. The SMILES string of the molecule is COc1ccc(NC(=O)C(C)OC(=O)COc2ccc(C)cc2OC)c([N+](=O)[O-])c1. The Bertz CT molecular complexity index is 944. The van der Waals surface area contributed by atoms with Crippen molar-refractivity contribution in [3.8, 4) is 17.2 Å². The first-order valence-corrected chi connectivity index (χ1v) is 8.85. The molecule has 0 aliphatic rings. The molecule has 160 valence electrons. The molecule has 10 nitrogen and oxygen atoms in total. The summed E-state index contributed by atoms with van der Waals surface area (Å²) in [6.45, 7) is 2.78. The molecule has 0 saturated carbocycles. The number of nitro benzene ring substituents is 1. The molecule has 10 heteroatoms. The van der Waals surface area contributed by atoms with E-state index in [9.17, 15) is 19.7 Å². The summed E-state index contributed by atoms with van der Waals surface area (Å²) < 4.78 is 20.6. The van der Waals surface area contributed by atoms with E-state index in [-0.39, 0.29) is 17.1 Å². The summed E-state index contributed by atoms with van der Waals surface area (Å²) >= 11 is 0. The van der Waals surface area contributed by atoms with Gasteiger partial charge in [-0.2, -0.15) is 0 Å². The second-order valence-corrected chi connectivity index (χ2v) is 6.20. The van der Waals surface area contributed by atoms with Crippen LogP contribution in [0.25, 0.3) is 0 Å². The summed E-state index contributed by atoms with van der Waals surface area (Å²) in [5.74, 6) is -0.441. The minimum Gasteiger partial charge on any atom is -0.496 e. The van der Waals surface area contributed by atoms with Gasteiger partial charge in [-0.3, -0.25) is 14.9 Å². The zero-order chi connectivity index (χ0) is 22.3. The van der Waals surface area contributed by atoms with E-state index in [0.717, 1.165) is 5.56 Å². The Kier molecular flexibility index (Phi) is 7.56. The molecule has 1 amide bonds. The second kappa shape index (κ2) is 10.1. The Balaban J connectivity index is 1.96. The average Bonchev–Trinajstić information content (AvgIpc) is 2.72. The number of rotatable bonds is 9. The lowest BCUT2D eigenvalue weighted by Gasteiger charge is -2.15. The van der Waals surface area contributed by atoms with Gasteiger partial charge in [-0.15, -0.1) is 0 Å². The molecule has 0 saturated heterocycles. The topological polar surface area (TPSA) is 126 Å². The number of nitrogens with one attached hydrogen (secondary N) is 1. The van der Waals surface area contributed by atoms with Crippen LogP contribution in [0, 0.1) is 17.0 Å². The van der Waals surface area contributed by atoms with E-state index in [0.29, 0.717) is 11.5 Å². The lowest BCUT2D eigenvalue weighted by atomic mass is 10.2. The van der Waals surface area contributed by atoms with Crippen LogP contribution in [0.15, 0.2) is 36.4 Å². The molecule has 0 bridgehead atoms. The Morgan fingerprint density at radius 2 is 1.83 bits per heavy atom. The average molecular weight is 418 g/mol. The van der Waals surface area contributed by atoms with Crippen LogP contribution in [0.1, 0.15) is 12.5 Å². The Morgan fingerprint density at radius 1 is 1.10 bits per heavy atom. The molecule has 2 rings (SSSR count). The number of methoxy groups -OCH3 is 2. The minimum absolute atomic E-state index is 0.0469. The van der Waals surface area contributed by atoms with Crippen molar-refractivity contribution < 1.29 is 33.5 Å². The van der Waals surface area contributed by atoms with Crippen molar-refractivity contribution in [1.82, 2.24) is 0 Å². The molecular weight excluding hydrogens is 396 g/mol. The number of esters is 1. The summed E-state index contributed by atoms with van der Waals surface area (Å²) in [7, 11) is 2.85. The predicted octanol–water partition coefficient (Wildman–Crippen LogP) is 2.87. The maximum absolute atomic E-state index is 12.3. The summed E-state index contributed by atoms with van der Waals surface area (Å²) in [5, 5.41) is 13.6. The van der Waals surface area contributed by atoms with Gasteiger partial charge in [-0.25, -0.2) is 4.79 Å². The van der Waals surface area contributed by atoms with Crippen LogP contribution >= 0.6 is 0 Å². The van der Waals surface area contributed by atoms with E-state index in [4.69, 9.17) is 18.9 Å². The van der Waals surface area contributed by atoms with Gasteiger partial charge in [-0.05, 0) is 43.7 Å². The molecule has 0 aromatic heterocycles. The fraction of sp³-hybridized carbons (Fsp3) is 0.300. The van der Waals surface area contributed by atoms with Crippen molar-refractivity contribution in [2.45, 2.75) is 20.0 Å². The van der Waals surface area contributed by atoms with E-state index in [1.165, 1.54) is 39.3 Å². The van der Waals surface area contributed by atoms with Crippen LogP contribution in [0.2, 0.25) is 0 Å². The number of hydrogen-bond acceptors (Lipinski definition) is 8. The van der Waals surface area contributed by atoms with Crippen molar-refractivity contribution in [1.29, 1.82) is 0 Å². The second-order valence-electron chi connectivity index (χ2n) is 6.20. The molecule has 0 fully saturated rings. The quantitative estimate of drug-likeness (QED) is 0.374. The highest BCUT2D eigenvalue weighted by Gasteiger charge is 2.23. The third-order valence-electron chi connectivity index (χ3n) is 4.00. The third kappa shape index (κ3) is 5.84. The predicted molar refractivity (Wildman–Crippen MR) is 107 cm³/mol. The standard InChI is InChI=1S/C20H22N2O8/c1-12-5-8-17(18(9-12)28-4)29-11-19(23)30-13(2)20(24)21-15-7-6-14(27-3)10-16(15)22(25)26/h5-10,13H,11H2,1-4H3,(H,21,24). The minimum atomic E-state index is -1.21.